The van der Waals surface area contributed by atoms with Gasteiger partial charge in [-0.25, -0.2) is 4.39 Å². The predicted octanol–water partition coefficient (Wildman–Crippen LogP) is 7.15. The third kappa shape index (κ3) is 4.27. The zero-order chi connectivity index (χ0) is 21.3. The van der Waals surface area contributed by atoms with Gasteiger partial charge in [0.05, 0.1) is 28.6 Å². The van der Waals surface area contributed by atoms with Crippen LogP contribution >= 0.6 is 46.1 Å². The first-order chi connectivity index (χ1) is 14.4. The summed E-state index contributed by atoms with van der Waals surface area (Å²) < 4.78 is 26.8. The molecule has 2 aromatic carbocycles. The van der Waals surface area contributed by atoms with Crippen molar-refractivity contribution in [3.63, 3.8) is 0 Å². The summed E-state index contributed by atoms with van der Waals surface area (Å²) in [4.78, 5) is 0. The molecule has 2 heterocycles. The van der Waals surface area contributed by atoms with E-state index in [1.807, 2.05) is 6.07 Å². The molecule has 5 nitrogen and oxygen atoms in total. The Morgan fingerprint density at radius 3 is 2.70 bits per heavy atom. The number of nitriles is 1. The summed E-state index contributed by atoms with van der Waals surface area (Å²) in [5.74, 6) is -0.238. The van der Waals surface area contributed by atoms with Crippen LogP contribution in [0.25, 0.3) is 11.5 Å². The molecule has 0 N–H and O–H groups in total. The first-order valence-corrected chi connectivity index (χ1v) is 10.4. The van der Waals surface area contributed by atoms with E-state index in [-0.39, 0.29) is 50.9 Å². The zero-order valence-corrected chi connectivity index (χ0v) is 17.9. The molecule has 0 amide bonds. The maximum atomic E-state index is 15.1. The summed E-state index contributed by atoms with van der Waals surface area (Å²) in [5.41, 5.74) is 1.13. The zero-order valence-electron chi connectivity index (χ0n) is 14.8. The smallest absolute Gasteiger partial charge is 0.250 e. The standard InChI is InChI=1S/C20H9Cl3FN3O2S/c21-12-5-10(9-25)6-13(8-12)28-18-15(22)2-1-11(17(18)24)7-16-26-27-20(29-16)14-3-4-30-19(14)23/h1-6,8H,7H2. The van der Waals surface area contributed by atoms with Crippen LogP contribution in [0.4, 0.5) is 4.39 Å². The van der Waals surface area contributed by atoms with E-state index in [4.69, 9.17) is 49.2 Å². The highest BCUT2D eigenvalue weighted by Gasteiger charge is 2.19. The summed E-state index contributed by atoms with van der Waals surface area (Å²) >= 11 is 19.5. The van der Waals surface area contributed by atoms with Crippen molar-refractivity contribution in [1.29, 1.82) is 5.26 Å². The molecule has 4 rings (SSSR count). The van der Waals surface area contributed by atoms with Gasteiger partial charge in [0.25, 0.3) is 0 Å². The van der Waals surface area contributed by atoms with E-state index in [1.54, 1.807) is 11.4 Å². The SMILES string of the molecule is N#Cc1cc(Cl)cc(Oc2c(Cl)ccc(Cc3nnc(-c4ccsc4Cl)o3)c2F)c1. The van der Waals surface area contributed by atoms with Crippen LogP contribution in [0.2, 0.25) is 14.4 Å². The van der Waals surface area contributed by atoms with Crippen LogP contribution in [0.1, 0.15) is 17.0 Å². The van der Waals surface area contributed by atoms with E-state index >= 15 is 4.39 Å². The van der Waals surface area contributed by atoms with Gasteiger partial charge < -0.3 is 9.15 Å². The van der Waals surface area contributed by atoms with Gasteiger partial charge in [0.2, 0.25) is 11.8 Å². The molecule has 4 aromatic rings. The Bertz CT molecular complexity index is 1280. The normalized spacial score (nSPS) is 10.8. The summed E-state index contributed by atoms with van der Waals surface area (Å²) in [6.07, 6.45) is 0.0209. The lowest BCUT2D eigenvalue weighted by molar-refractivity contribution is 0.437. The van der Waals surface area contributed by atoms with Crippen LogP contribution < -0.4 is 4.74 Å². The van der Waals surface area contributed by atoms with Crippen molar-refractivity contribution in [1.82, 2.24) is 10.2 Å². The van der Waals surface area contributed by atoms with Crippen LogP contribution in [-0.4, -0.2) is 10.2 Å². The second-order valence-corrected chi connectivity index (χ2v) is 8.39. The van der Waals surface area contributed by atoms with Gasteiger partial charge in [-0.3, -0.25) is 0 Å². The minimum Gasteiger partial charge on any atom is -0.453 e. The molecule has 0 unspecified atom stereocenters. The third-order valence-corrected chi connectivity index (χ3v) is 5.69. The molecular formula is C20H9Cl3FN3O2S. The molecule has 0 radical (unpaired) electrons. The Morgan fingerprint density at radius 1 is 1.13 bits per heavy atom. The van der Waals surface area contributed by atoms with Crippen LogP contribution in [0.3, 0.4) is 0 Å². The molecule has 0 aliphatic rings. The predicted molar refractivity (Wildman–Crippen MR) is 113 cm³/mol. The maximum Gasteiger partial charge on any atom is 0.250 e. The summed E-state index contributed by atoms with van der Waals surface area (Å²) in [6, 6.07) is 11.1. The highest BCUT2D eigenvalue weighted by Crippen LogP contribution is 2.36. The van der Waals surface area contributed by atoms with Crippen LogP contribution in [0.5, 0.6) is 11.5 Å². The van der Waals surface area contributed by atoms with Crippen LogP contribution in [0.15, 0.2) is 46.2 Å². The van der Waals surface area contributed by atoms with Gasteiger partial charge >= 0.3 is 0 Å². The Hall–Kier alpha value is -2.63. The van der Waals surface area contributed by atoms with Crippen LogP contribution in [0, 0.1) is 17.1 Å². The van der Waals surface area contributed by atoms with Crippen molar-refractivity contribution in [3.05, 3.63) is 79.0 Å². The number of halogens is 4. The fraction of sp³-hybridized carbons (Fsp3) is 0.0500. The second kappa shape index (κ2) is 8.62. The Labute approximate surface area is 189 Å². The highest BCUT2D eigenvalue weighted by atomic mass is 35.5. The third-order valence-electron chi connectivity index (χ3n) is 4.01. The average Bonchev–Trinajstić information content (AvgIpc) is 3.35. The molecule has 0 atom stereocenters. The van der Waals surface area contributed by atoms with Gasteiger partial charge in [0, 0.05) is 10.6 Å². The number of hydrogen-bond donors (Lipinski definition) is 0. The molecule has 0 saturated carbocycles. The minimum absolute atomic E-state index is 0.0209. The molecule has 0 saturated heterocycles. The molecule has 0 spiro atoms. The fourth-order valence-corrected chi connectivity index (χ4v) is 3.96. The summed E-state index contributed by atoms with van der Waals surface area (Å²) in [7, 11) is 0. The minimum atomic E-state index is -0.686. The number of ether oxygens (including phenoxy) is 1. The number of hydrogen-bond acceptors (Lipinski definition) is 6. The summed E-state index contributed by atoms with van der Waals surface area (Å²) in [5, 5.41) is 19.1. The van der Waals surface area contributed by atoms with E-state index in [0.717, 1.165) is 0 Å². The molecule has 2 aromatic heterocycles. The second-order valence-electron chi connectivity index (χ2n) is 6.02. The Balaban J connectivity index is 1.62. The first-order valence-electron chi connectivity index (χ1n) is 8.35. The van der Waals surface area contributed by atoms with E-state index in [2.05, 4.69) is 10.2 Å². The van der Waals surface area contributed by atoms with E-state index < -0.39 is 5.82 Å². The quantitative estimate of drug-likeness (QED) is 0.303. The van der Waals surface area contributed by atoms with Crippen molar-refractivity contribution in [2.75, 3.05) is 0 Å². The molecule has 0 aliphatic carbocycles. The molecule has 30 heavy (non-hydrogen) atoms. The first kappa shape index (κ1) is 20.6. The number of thiophene rings is 1. The van der Waals surface area contributed by atoms with E-state index in [1.165, 1.54) is 41.7 Å². The maximum absolute atomic E-state index is 15.1. The average molecular weight is 481 g/mol. The lowest BCUT2D eigenvalue weighted by Crippen LogP contribution is -1.98. The molecule has 0 fully saturated rings. The molecule has 0 aliphatic heterocycles. The van der Waals surface area contributed by atoms with Gasteiger partial charge in [0.1, 0.15) is 10.1 Å². The van der Waals surface area contributed by atoms with Crippen molar-refractivity contribution >= 4 is 46.1 Å². The lowest BCUT2D eigenvalue weighted by atomic mass is 10.1. The van der Waals surface area contributed by atoms with Gasteiger partial charge in [-0.15, -0.1) is 21.5 Å². The fourth-order valence-electron chi connectivity index (χ4n) is 2.65. The van der Waals surface area contributed by atoms with Gasteiger partial charge in [-0.1, -0.05) is 40.9 Å². The molecule has 10 heteroatoms. The molecule has 150 valence electrons. The Kier molecular flexibility index (Phi) is 5.93. The Morgan fingerprint density at radius 2 is 1.97 bits per heavy atom. The molecular weight excluding hydrogens is 472 g/mol. The number of rotatable bonds is 5. The number of aromatic nitrogens is 2. The van der Waals surface area contributed by atoms with Gasteiger partial charge in [-0.2, -0.15) is 5.26 Å². The van der Waals surface area contributed by atoms with Crippen molar-refractivity contribution < 1.29 is 13.5 Å². The summed E-state index contributed by atoms with van der Waals surface area (Å²) in [6.45, 7) is 0. The number of benzene rings is 2. The van der Waals surface area contributed by atoms with Crippen molar-refractivity contribution in [2.24, 2.45) is 0 Å². The lowest BCUT2D eigenvalue weighted by Gasteiger charge is -2.11. The topological polar surface area (TPSA) is 71.9 Å². The highest BCUT2D eigenvalue weighted by molar-refractivity contribution is 7.15. The van der Waals surface area contributed by atoms with Crippen LogP contribution in [-0.2, 0) is 6.42 Å². The number of nitrogens with zero attached hydrogens (tertiary/aromatic N) is 3. The van der Waals surface area contributed by atoms with Crippen molar-refractivity contribution in [3.8, 4) is 29.0 Å². The van der Waals surface area contributed by atoms with Gasteiger partial charge in [-0.05, 0) is 35.7 Å². The van der Waals surface area contributed by atoms with Gasteiger partial charge in [0.15, 0.2) is 11.6 Å². The largest absolute Gasteiger partial charge is 0.453 e. The molecule has 0 bridgehead atoms. The van der Waals surface area contributed by atoms with E-state index in [9.17, 15) is 0 Å². The monoisotopic (exact) mass is 479 g/mol. The van der Waals surface area contributed by atoms with Crippen molar-refractivity contribution in [2.45, 2.75) is 6.42 Å². The van der Waals surface area contributed by atoms with E-state index in [0.29, 0.717) is 9.90 Å².